The number of nitrogens with one attached hydrogen (secondary N) is 2. The van der Waals surface area contributed by atoms with Gasteiger partial charge >= 0.3 is 5.51 Å². The lowest BCUT2D eigenvalue weighted by Crippen LogP contribution is -2.36. The second-order valence-electron chi connectivity index (χ2n) is 15.5. The van der Waals surface area contributed by atoms with E-state index in [1.807, 2.05) is 95.5 Å². The third-order valence-corrected chi connectivity index (χ3v) is 15.4. The number of sulfone groups is 1. The summed E-state index contributed by atoms with van der Waals surface area (Å²) in [6.07, 6.45) is 1.04. The number of rotatable bonds is 19. The van der Waals surface area contributed by atoms with Crippen molar-refractivity contribution in [2.45, 2.75) is 51.6 Å². The molecule has 5 aromatic carbocycles. The number of sulfonamides is 1. The number of piperidine rings is 1. The first-order chi connectivity index (χ1) is 30.5. The Balaban J connectivity index is 1.14. The van der Waals surface area contributed by atoms with E-state index in [1.165, 1.54) is 23.9 Å². The van der Waals surface area contributed by atoms with Crippen LogP contribution < -0.4 is 14.9 Å². The number of nitrogens with zero attached hydrogens (tertiary/aromatic N) is 2. The summed E-state index contributed by atoms with van der Waals surface area (Å²) in [5.41, 5.74) is -2.77. The number of halogens is 4. The molecule has 3 N–H and O–H groups in total. The maximum atomic E-state index is 14.1. The van der Waals surface area contributed by atoms with Crippen molar-refractivity contribution < 1.29 is 44.6 Å². The number of aliphatic hydroxyl groups is 1. The van der Waals surface area contributed by atoms with Gasteiger partial charge in [0.2, 0.25) is 0 Å². The molecule has 1 aliphatic heterocycles. The monoisotopic (exact) mass is 958 g/mol. The zero-order valence-electron chi connectivity index (χ0n) is 35.2. The van der Waals surface area contributed by atoms with Crippen molar-refractivity contribution in [1.29, 1.82) is 0 Å². The first-order valence-corrected chi connectivity index (χ1v) is 24.8. The lowest BCUT2D eigenvalue weighted by Gasteiger charge is -2.36. The van der Waals surface area contributed by atoms with Crippen molar-refractivity contribution in [2.24, 2.45) is 5.92 Å². The Morgan fingerprint density at radius 1 is 0.906 bits per heavy atom. The molecule has 5 aromatic rings. The summed E-state index contributed by atoms with van der Waals surface area (Å²) >= 11 is 7.52. The fourth-order valence-electron chi connectivity index (χ4n) is 7.44. The van der Waals surface area contributed by atoms with Crippen molar-refractivity contribution in [3.05, 3.63) is 137 Å². The van der Waals surface area contributed by atoms with Gasteiger partial charge in [-0.05, 0) is 122 Å². The molecule has 18 heteroatoms. The third-order valence-electron chi connectivity index (χ3n) is 11.1. The number of anilines is 2. The van der Waals surface area contributed by atoms with E-state index < -0.39 is 58.9 Å². The summed E-state index contributed by atoms with van der Waals surface area (Å²) < 4.78 is 103. The molecule has 0 unspecified atom stereocenters. The lowest BCUT2D eigenvalue weighted by molar-refractivity contribution is -0.0435. The van der Waals surface area contributed by atoms with Gasteiger partial charge in [0, 0.05) is 59.7 Å². The summed E-state index contributed by atoms with van der Waals surface area (Å²) in [6, 6.07) is 32.4. The third kappa shape index (κ3) is 12.4. The van der Waals surface area contributed by atoms with Gasteiger partial charge in [-0.15, -0.1) is 11.8 Å². The van der Waals surface area contributed by atoms with Crippen LogP contribution in [-0.4, -0.2) is 97.0 Å². The topological polar surface area (TPSA) is 145 Å². The highest BCUT2D eigenvalue weighted by Gasteiger charge is 2.48. The predicted molar refractivity (Wildman–Crippen MR) is 246 cm³/mol. The van der Waals surface area contributed by atoms with E-state index in [0.29, 0.717) is 68.9 Å². The van der Waals surface area contributed by atoms with Crippen LogP contribution in [0.25, 0.3) is 11.1 Å². The molecule has 6 rings (SSSR count). The van der Waals surface area contributed by atoms with Crippen LogP contribution in [0, 0.1) is 5.92 Å². The molecule has 2 atom stereocenters. The zero-order valence-corrected chi connectivity index (χ0v) is 38.4. The van der Waals surface area contributed by atoms with Crippen molar-refractivity contribution in [3.63, 3.8) is 0 Å². The maximum absolute atomic E-state index is 14.1. The highest BCUT2D eigenvalue weighted by Crippen LogP contribution is 2.39. The van der Waals surface area contributed by atoms with Crippen LogP contribution in [0.5, 0.6) is 0 Å². The van der Waals surface area contributed by atoms with E-state index in [1.54, 1.807) is 19.2 Å². The minimum atomic E-state index is -6.08. The lowest BCUT2D eigenvalue weighted by atomic mass is 9.84. The van der Waals surface area contributed by atoms with Crippen molar-refractivity contribution >= 4 is 60.5 Å². The molecule has 1 fully saturated rings. The average Bonchev–Trinajstić information content (AvgIpc) is 3.29. The van der Waals surface area contributed by atoms with E-state index in [-0.39, 0.29) is 11.5 Å². The molecular formula is C46H50ClF3N4O7S3. The summed E-state index contributed by atoms with van der Waals surface area (Å²) in [6.45, 7) is 2.74. The van der Waals surface area contributed by atoms with Gasteiger partial charge in [-0.25, -0.2) is 21.6 Å². The van der Waals surface area contributed by atoms with E-state index >= 15 is 0 Å². The number of carbonyl (C=O) groups excluding carboxylic acids is 1. The van der Waals surface area contributed by atoms with E-state index in [9.17, 15) is 39.9 Å². The second-order valence-corrected chi connectivity index (χ2v) is 20.6. The van der Waals surface area contributed by atoms with E-state index in [4.69, 9.17) is 16.3 Å². The number of hydrogen-bond acceptors (Lipinski definition) is 11. The number of benzene rings is 5. The molecular weight excluding hydrogens is 909 g/mol. The van der Waals surface area contributed by atoms with Gasteiger partial charge in [-0.2, -0.15) is 13.2 Å². The molecule has 0 bridgehead atoms. The van der Waals surface area contributed by atoms with Crippen LogP contribution in [-0.2, 0) is 24.6 Å². The average molecular weight is 960 g/mol. The normalized spacial score (nSPS) is 14.9. The van der Waals surface area contributed by atoms with Crippen LogP contribution in [0.1, 0.15) is 41.3 Å². The number of thioether (sulfide) groups is 1. The molecule has 1 saturated heterocycles. The van der Waals surface area contributed by atoms with Crippen LogP contribution >= 0.6 is 23.4 Å². The maximum Gasteiger partial charge on any atom is 0.501 e. The van der Waals surface area contributed by atoms with Gasteiger partial charge in [0.1, 0.15) is 4.90 Å². The SMILES string of the molecule is COCCN(C)CC[C@H](CSc1ccccc1)Nc1ccc(S(=O)(=O)NC(=O)c2ccc(N3CCC([C@@H](O)c4ccccc4-c4ccc(Cl)cc4)CC3)cc2)cc1S(=O)(=O)C(F)(F)F. The number of methoxy groups -OCH3 is 1. The van der Waals surface area contributed by atoms with Gasteiger partial charge in [0.25, 0.3) is 25.8 Å². The van der Waals surface area contributed by atoms with Crippen molar-refractivity contribution in [2.75, 3.05) is 62.9 Å². The summed E-state index contributed by atoms with van der Waals surface area (Å²) in [7, 11) is -7.53. The Morgan fingerprint density at radius 3 is 2.22 bits per heavy atom. The van der Waals surface area contributed by atoms with Crippen LogP contribution in [0.2, 0.25) is 5.02 Å². The molecule has 0 aliphatic carbocycles. The largest absolute Gasteiger partial charge is 0.501 e. The Hall–Kier alpha value is -4.62. The molecule has 0 spiro atoms. The highest BCUT2D eigenvalue weighted by atomic mass is 35.5. The van der Waals surface area contributed by atoms with E-state index in [0.717, 1.165) is 39.4 Å². The van der Waals surface area contributed by atoms with Gasteiger partial charge < -0.3 is 25.0 Å². The highest BCUT2D eigenvalue weighted by molar-refractivity contribution is 7.99. The molecule has 342 valence electrons. The molecule has 11 nitrogen and oxygen atoms in total. The number of hydrogen-bond donors (Lipinski definition) is 3. The molecule has 64 heavy (non-hydrogen) atoms. The van der Waals surface area contributed by atoms with Gasteiger partial charge in [-0.3, -0.25) is 4.79 Å². The fraction of sp³-hybridized carbons (Fsp3) is 0.326. The number of aliphatic hydroxyl groups excluding tert-OH is 1. The summed E-state index contributed by atoms with van der Waals surface area (Å²) in [4.78, 5) is 16.1. The minimum absolute atomic E-state index is 0.0187. The molecule has 1 heterocycles. The Morgan fingerprint density at radius 2 is 1.56 bits per heavy atom. The van der Waals surface area contributed by atoms with Gasteiger partial charge in [-0.1, -0.05) is 66.2 Å². The van der Waals surface area contributed by atoms with Gasteiger partial charge in [0.05, 0.1) is 23.3 Å². The first-order valence-electron chi connectivity index (χ1n) is 20.5. The van der Waals surface area contributed by atoms with Crippen LogP contribution in [0.3, 0.4) is 0 Å². The van der Waals surface area contributed by atoms with Crippen LogP contribution in [0.4, 0.5) is 24.5 Å². The fourth-order valence-corrected chi connectivity index (χ4v) is 10.6. The standard InChI is InChI=1S/C46H50ClF3N4O7S3/c1-53(28-29-61-2)25-24-36(31-62-38-8-4-3-5-9-38)51-42-21-20-39(30-43(42)63(57,58)46(48,49)50)64(59,60)52-45(56)34-14-18-37(19-15-34)54-26-22-33(23-27-54)44(55)41-11-7-6-10-40(41)32-12-16-35(47)17-13-32/h3-21,30,33,36,44,51,55H,22-29,31H2,1-2H3,(H,52,56)/t36-,44-/m1/s1. The number of carbonyl (C=O) groups is 1. The summed E-state index contributed by atoms with van der Waals surface area (Å²) in [5, 5.41) is 15.1. The molecule has 1 amide bonds. The predicted octanol–water partition coefficient (Wildman–Crippen LogP) is 8.91. The number of likely N-dealkylation sites (N-methyl/N-ethyl adjacent to an activating group) is 1. The molecule has 0 saturated carbocycles. The minimum Gasteiger partial charge on any atom is -0.388 e. The van der Waals surface area contributed by atoms with E-state index in [2.05, 4.69) is 10.2 Å². The van der Waals surface area contributed by atoms with Crippen molar-refractivity contribution in [3.8, 4) is 11.1 Å². The smallest absolute Gasteiger partial charge is 0.388 e. The number of alkyl halides is 3. The second kappa shape index (κ2) is 21.6. The zero-order chi connectivity index (χ0) is 46.1. The molecule has 0 radical (unpaired) electrons. The van der Waals surface area contributed by atoms with Crippen LogP contribution in [0.15, 0.2) is 136 Å². The van der Waals surface area contributed by atoms with Gasteiger partial charge in [0.15, 0.2) is 0 Å². The Labute approximate surface area is 381 Å². The first kappa shape index (κ1) is 48.8. The Kier molecular flexibility index (Phi) is 16.5. The summed E-state index contributed by atoms with van der Waals surface area (Å²) in [5.74, 6) is -0.745. The number of amides is 1. The quantitative estimate of drug-likeness (QED) is 0.0683. The molecule has 0 aromatic heterocycles. The Bertz CT molecular complexity index is 2560. The molecule has 1 aliphatic rings. The number of ether oxygens (including phenoxy) is 1. The van der Waals surface area contributed by atoms with Crippen molar-refractivity contribution in [1.82, 2.24) is 9.62 Å².